The van der Waals surface area contributed by atoms with Crippen molar-refractivity contribution in [1.82, 2.24) is 0 Å². The van der Waals surface area contributed by atoms with Crippen molar-refractivity contribution in [1.29, 1.82) is 0 Å². The number of rotatable bonds is 7. The fourth-order valence-electron chi connectivity index (χ4n) is 2.05. The van der Waals surface area contributed by atoms with Crippen molar-refractivity contribution in [2.24, 2.45) is 5.41 Å². The van der Waals surface area contributed by atoms with E-state index in [1.54, 1.807) is 32.9 Å². The summed E-state index contributed by atoms with van der Waals surface area (Å²) in [5.74, 6) is -1.33. The largest absolute Gasteiger partial charge is 0.481 e. The van der Waals surface area contributed by atoms with Gasteiger partial charge in [0.2, 0.25) is 5.91 Å². The normalized spacial score (nSPS) is 12.0. The smallest absolute Gasteiger partial charge is 0.303 e. The van der Waals surface area contributed by atoms with E-state index >= 15 is 0 Å². The lowest BCUT2D eigenvalue weighted by atomic mass is 9.85. The zero-order chi connectivity index (χ0) is 17.0. The van der Waals surface area contributed by atoms with Gasteiger partial charge >= 0.3 is 5.97 Å². The molecule has 0 aliphatic heterocycles. The molecular weight excluding hydrogens is 306 g/mol. The zero-order valence-electron chi connectivity index (χ0n) is 12.9. The van der Waals surface area contributed by atoms with Crippen molar-refractivity contribution in [2.45, 2.75) is 38.5 Å². The summed E-state index contributed by atoms with van der Waals surface area (Å²) in [6.45, 7) is 4.94. The van der Waals surface area contributed by atoms with E-state index in [0.717, 1.165) is 0 Å². The summed E-state index contributed by atoms with van der Waals surface area (Å²) in [4.78, 5) is 22.9. The minimum absolute atomic E-state index is 0.0178. The lowest BCUT2D eigenvalue weighted by Crippen LogP contribution is -2.24. The number of amides is 1. The lowest BCUT2D eigenvalue weighted by Gasteiger charge is -2.21. The minimum Gasteiger partial charge on any atom is -0.481 e. The Labute approximate surface area is 130 Å². The first kappa shape index (κ1) is 18.2. The summed E-state index contributed by atoms with van der Waals surface area (Å²) in [6.07, 6.45) is -0.0886. The number of carboxylic acids is 1. The van der Waals surface area contributed by atoms with E-state index in [9.17, 15) is 18.0 Å². The summed E-state index contributed by atoms with van der Waals surface area (Å²) in [5.41, 5.74) is -0.297. The predicted octanol–water partition coefficient (Wildman–Crippen LogP) is 2.31. The second kappa shape index (κ2) is 6.91. The van der Waals surface area contributed by atoms with Crippen LogP contribution in [-0.4, -0.2) is 31.2 Å². The molecule has 0 bridgehead atoms. The van der Waals surface area contributed by atoms with Crippen molar-refractivity contribution in [3.05, 3.63) is 24.3 Å². The van der Waals surface area contributed by atoms with Crippen LogP contribution in [0.2, 0.25) is 0 Å². The number of carboxylic acid groups (broad SMARTS) is 1. The molecule has 0 aliphatic carbocycles. The molecule has 0 fully saturated rings. The van der Waals surface area contributed by atoms with Gasteiger partial charge in [-0.1, -0.05) is 26.8 Å². The highest BCUT2D eigenvalue weighted by molar-refractivity contribution is 7.91. The molecule has 0 saturated carbocycles. The van der Waals surface area contributed by atoms with E-state index in [0.29, 0.717) is 5.69 Å². The Morgan fingerprint density at radius 2 is 1.86 bits per heavy atom. The molecule has 0 unspecified atom stereocenters. The molecule has 2 N–H and O–H groups in total. The van der Waals surface area contributed by atoms with Crippen molar-refractivity contribution in [3.63, 3.8) is 0 Å². The Morgan fingerprint density at radius 3 is 2.41 bits per heavy atom. The van der Waals surface area contributed by atoms with Crippen molar-refractivity contribution in [3.8, 4) is 0 Å². The summed E-state index contributed by atoms with van der Waals surface area (Å²) in [5, 5.41) is 11.4. The Bertz CT molecular complexity index is 664. The molecule has 0 saturated heterocycles. The summed E-state index contributed by atoms with van der Waals surface area (Å²) in [6, 6.07) is 6.03. The summed E-state index contributed by atoms with van der Waals surface area (Å²) in [7, 11) is -3.34. The van der Waals surface area contributed by atoms with Gasteiger partial charge in [-0.25, -0.2) is 8.42 Å². The zero-order valence-corrected chi connectivity index (χ0v) is 13.7. The molecule has 0 aliphatic rings. The van der Waals surface area contributed by atoms with Crippen LogP contribution in [0.1, 0.15) is 33.6 Å². The molecule has 122 valence electrons. The van der Waals surface area contributed by atoms with Crippen LogP contribution in [0.25, 0.3) is 0 Å². The fourth-order valence-corrected chi connectivity index (χ4v) is 2.97. The number of carbonyl (C=O) groups excluding carboxylic acids is 1. The van der Waals surface area contributed by atoms with Crippen LogP contribution in [0.4, 0.5) is 5.69 Å². The van der Waals surface area contributed by atoms with Crippen LogP contribution in [0, 0.1) is 5.41 Å². The maximum Gasteiger partial charge on any atom is 0.303 e. The Morgan fingerprint density at radius 1 is 1.23 bits per heavy atom. The van der Waals surface area contributed by atoms with E-state index in [4.69, 9.17) is 5.11 Å². The van der Waals surface area contributed by atoms with Gasteiger partial charge in [-0.05, 0) is 23.6 Å². The van der Waals surface area contributed by atoms with Crippen LogP contribution in [-0.2, 0) is 19.4 Å². The molecule has 0 spiro atoms. The number of benzene rings is 1. The SMILES string of the molecule is CCS(=O)(=O)c1cccc(NC(=O)CC(C)(C)CC(=O)O)c1. The number of hydrogen-bond donors (Lipinski definition) is 2. The van der Waals surface area contributed by atoms with Crippen LogP contribution in [0.3, 0.4) is 0 Å². The van der Waals surface area contributed by atoms with E-state index < -0.39 is 21.2 Å². The standard InChI is InChI=1S/C15H21NO5S/c1-4-22(20,21)12-7-5-6-11(8-12)16-13(17)9-15(2,3)10-14(18)19/h5-8H,4,9-10H2,1-3H3,(H,16,17)(H,18,19). The van der Waals surface area contributed by atoms with Crippen molar-refractivity contribution < 1.29 is 23.1 Å². The highest BCUT2D eigenvalue weighted by Crippen LogP contribution is 2.26. The molecule has 0 aromatic heterocycles. The third-order valence-electron chi connectivity index (χ3n) is 3.13. The van der Waals surface area contributed by atoms with Gasteiger partial charge in [-0.3, -0.25) is 9.59 Å². The van der Waals surface area contributed by atoms with E-state index in [1.165, 1.54) is 12.1 Å². The molecule has 0 radical (unpaired) electrons. The molecule has 1 aromatic carbocycles. The predicted molar refractivity (Wildman–Crippen MR) is 83.4 cm³/mol. The van der Waals surface area contributed by atoms with Gasteiger partial charge in [0.05, 0.1) is 17.1 Å². The minimum atomic E-state index is -3.34. The van der Waals surface area contributed by atoms with E-state index in [1.807, 2.05) is 0 Å². The quantitative estimate of drug-likeness (QED) is 0.800. The molecular formula is C15H21NO5S. The van der Waals surface area contributed by atoms with Gasteiger partial charge in [-0.2, -0.15) is 0 Å². The van der Waals surface area contributed by atoms with Crippen LogP contribution in [0.5, 0.6) is 0 Å². The van der Waals surface area contributed by atoms with E-state index in [-0.39, 0.29) is 29.4 Å². The molecule has 6 nitrogen and oxygen atoms in total. The van der Waals surface area contributed by atoms with Gasteiger partial charge in [0, 0.05) is 12.1 Å². The summed E-state index contributed by atoms with van der Waals surface area (Å²) >= 11 is 0. The first-order chi connectivity index (χ1) is 10.1. The molecule has 1 rings (SSSR count). The Hall–Kier alpha value is -1.89. The maximum absolute atomic E-state index is 12.0. The van der Waals surface area contributed by atoms with Crippen LogP contribution >= 0.6 is 0 Å². The number of carbonyl (C=O) groups is 2. The first-order valence-electron chi connectivity index (χ1n) is 6.90. The summed E-state index contributed by atoms with van der Waals surface area (Å²) < 4.78 is 23.6. The van der Waals surface area contributed by atoms with Gasteiger partial charge < -0.3 is 10.4 Å². The lowest BCUT2D eigenvalue weighted by molar-refractivity contribution is -0.139. The van der Waals surface area contributed by atoms with Crippen molar-refractivity contribution in [2.75, 3.05) is 11.1 Å². The maximum atomic E-state index is 12.0. The number of sulfone groups is 1. The monoisotopic (exact) mass is 327 g/mol. The number of anilines is 1. The third-order valence-corrected chi connectivity index (χ3v) is 4.86. The van der Waals surface area contributed by atoms with Crippen LogP contribution in [0.15, 0.2) is 29.2 Å². The molecule has 22 heavy (non-hydrogen) atoms. The fraction of sp³-hybridized carbons (Fsp3) is 0.467. The molecule has 1 aromatic rings. The first-order valence-corrected chi connectivity index (χ1v) is 8.55. The second-order valence-corrected chi connectivity index (χ2v) is 8.17. The Kier molecular flexibility index (Phi) is 5.71. The van der Waals surface area contributed by atoms with E-state index in [2.05, 4.69) is 5.32 Å². The molecule has 7 heteroatoms. The van der Waals surface area contributed by atoms with Crippen LogP contribution < -0.4 is 5.32 Å². The Balaban J connectivity index is 2.81. The highest BCUT2D eigenvalue weighted by Gasteiger charge is 2.25. The second-order valence-electron chi connectivity index (χ2n) is 5.89. The number of nitrogens with one attached hydrogen (secondary N) is 1. The van der Waals surface area contributed by atoms with Gasteiger partial charge in [-0.15, -0.1) is 0 Å². The average molecular weight is 327 g/mol. The molecule has 1 amide bonds. The number of hydrogen-bond acceptors (Lipinski definition) is 4. The third kappa shape index (κ3) is 5.48. The van der Waals surface area contributed by atoms with Gasteiger partial charge in [0.1, 0.15) is 0 Å². The molecule has 0 heterocycles. The highest BCUT2D eigenvalue weighted by atomic mass is 32.2. The van der Waals surface area contributed by atoms with Gasteiger partial charge in [0.15, 0.2) is 9.84 Å². The van der Waals surface area contributed by atoms with Crippen molar-refractivity contribution >= 4 is 27.4 Å². The number of aliphatic carboxylic acids is 1. The van der Waals surface area contributed by atoms with Gasteiger partial charge in [0.25, 0.3) is 0 Å². The average Bonchev–Trinajstić information content (AvgIpc) is 2.36. The molecule has 0 atom stereocenters. The topological polar surface area (TPSA) is 101 Å².